The minimum Gasteiger partial charge on any atom is -0.192 e. The topological polar surface area (TPSA) is 23.8 Å². The van der Waals surface area contributed by atoms with Crippen molar-refractivity contribution in [1.29, 1.82) is 5.26 Å². The van der Waals surface area contributed by atoms with Gasteiger partial charge in [-0.15, -0.1) is 0 Å². The molecular formula is C12H12F3N. The fraction of sp³-hybridized carbons (Fsp3) is 0.417. The van der Waals surface area contributed by atoms with Crippen LogP contribution in [0.3, 0.4) is 0 Å². The average molecular weight is 227 g/mol. The molecule has 0 aliphatic rings. The molecule has 1 nitrogen and oxygen atoms in total. The van der Waals surface area contributed by atoms with Crippen molar-refractivity contribution < 1.29 is 13.2 Å². The molecule has 0 aromatic heterocycles. The van der Waals surface area contributed by atoms with Crippen molar-refractivity contribution in [1.82, 2.24) is 0 Å². The van der Waals surface area contributed by atoms with Crippen LogP contribution in [-0.4, -0.2) is 0 Å². The minimum atomic E-state index is -4.40. The van der Waals surface area contributed by atoms with Crippen molar-refractivity contribution in [2.24, 2.45) is 0 Å². The van der Waals surface area contributed by atoms with Gasteiger partial charge >= 0.3 is 6.18 Å². The largest absolute Gasteiger partial charge is 0.416 e. The Labute approximate surface area is 92.5 Å². The van der Waals surface area contributed by atoms with E-state index < -0.39 is 11.7 Å². The highest BCUT2D eigenvalue weighted by atomic mass is 19.4. The molecule has 4 heteroatoms. The van der Waals surface area contributed by atoms with Crippen LogP contribution < -0.4 is 0 Å². The molecule has 0 unspecified atom stereocenters. The molecule has 1 aromatic rings. The van der Waals surface area contributed by atoms with Crippen molar-refractivity contribution in [2.75, 3.05) is 0 Å². The van der Waals surface area contributed by atoms with E-state index in [0.717, 1.165) is 0 Å². The first kappa shape index (κ1) is 12.6. The quantitative estimate of drug-likeness (QED) is 0.661. The maximum atomic E-state index is 12.8. The Hall–Kier alpha value is -1.50. The van der Waals surface area contributed by atoms with Crippen molar-refractivity contribution in [3.63, 3.8) is 0 Å². The summed E-state index contributed by atoms with van der Waals surface area (Å²) in [5, 5.41) is 8.89. The van der Waals surface area contributed by atoms with E-state index in [-0.39, 0.29) is 16.7 Å². The van der Waals surface area contributed by atoms with Gasteiger partial charge in [0.2, 0.25) is 0 Å². The molecule has 0 saturated carbocycles. The van der Waals surface area contributed by atoms with Gasteiger partial charge in [-0.2, -0.15) is 18.4 Å². The van der Waals surface area contributed by atoms with Crippen LogP contribution >= 0.6 is 0 Å². The van der Waals surface area contributed by atoms with Crippen LogP contribution in [0.1, 0.15) is 33.4 Å². The maximum Gasteiger partial charge on any atom is 0.416 e. The number of benzene rings is 1. The van der Waals surface area contributed by atoms with Crippen molar-refractivity contribution in [2.45, 2.75) is 33.9 Å². The van der Waals surface area contributed by atoms with Gasteiger partial charge in [0, 0.05) is 0 Å². The first-order valence-corrected chi connectivity index (χ1v) is 4.79. The zero-order valence-corrected chi connectivity index (χ0v) is 9.58. The minimum absolute atomic E-state index is 0.0237. The van der Waals surface area contributed by atoms with Gasteiger partial charge in [0.1, 0.15) is 0 Å². The van der Waals surface area contributed by atoms with Crippen LogP contribution in [-0.2, 0) is 6.18 Å². The summed E-state index contributed by atoms with van der Waals surface area (Å²) in [5.74, 6) is 0. The fourth-order valence-corrected chi connectivity index (χ4v) is 1.94. The molecule has 0 radical (unpaired) electrons. The first-order chi connectivity index (χ1) is 7.21. The molecule has 0 amide bonds. The molecule has 0 aliphatic heterocycles. The monoisotopic (exact) mass is 227 g/mol. The van der Waals surface area contributed by atoms with Gasteiger partial charge in [0.05, 0.1) is 17.2 Å². The summed E-state index contributed by atoms with van der Waals surface area (Å²) in [6, 6.07) is 1.84. The molecule has 0 heterocycles. The molecule has 1 rings (SSSR count). The Morgan fingerprint density at radius 2 is 1.38 bits per heavy atom. The summed E-state index contributed by atoms with van der Waals surface area (Å²) >= 11 is 0. The molecule has 0 N–H and O–H groups in total. The molecule has 0 fully saturated rings. The normalized spacial score (nSPS) is 11.4. The molecule has 0 aliphatic carbocycles. The van der Waals surface area contributed by atoms with Crippen LogP contribution in [0.25, 0.3) is 0 Å². The van der Waals surface area contributed by atoms with Gasteiger partial charge in [-0.3, -0.25) is 0 Å². The summed E-state index contributed by atoms with van der Waals surface area (Å²) in [5.41, 5.74) is 0.861. The van der Waals surface area contributed by atoms with E-state index in [9.17, 15) is 13.2 Å². The zero-order chi connectivity index (χ0) is 12.7. The Kier molecular flexibility index (Phi) is 3.00. The number of hydrogen-bond donors (Lipinski definition) is 0. The summed E-state index contributed by atoms with van der Waals surface area (Å²) < 4.78 is 38.5. The highest BCUT2D eigenvalue weighted by Gasteiger charge is 2.36. The van der Waals surface area contributed by atoms with Gasteiger partial charge in [-0.05, 0) is 49.9 Å². The molecule has 16 heavy (non-hydrogen) atoms. The van der Waals surface area contributed by atoms with E-state index >= 15 is 0 Å². The predicted octanol–water partition coefficient (Wildman–Crippen LogP) is 3.81. The lowest BCUT2D eigenvalue weighted by atomic mass is 9.89. The van der Waals surface area contributed by atoms with E-state index in [0.29, 0.717) is 11.1 Å². The second kappa shape index (κ2) is 3.82. The molecule has 0 atom stereocenters. The lowest BCUT2D eigenvalue weighted by Gasteiger charge is -2.19. The van der Waals surface area contributed by atoms with E-state index in [1.807, 2.05) is 6.07 Å². The fourth-order valence-electron chi connectivity index (χ4n) is 1.94. The first-order valence-electron chi connectivity index (χ1n) is 4.79. The lowest BCUT2D eigenvalue weighted by molar-refractivity contribution is -0.138. The van der Waals surface area contributed by atoms with E-state index in [1.54, 1.807) is 13.8 Å². The Balaban J connectivity index is 3.78. The summed E-state index contributed by atoms with van der Waals surface area (Å²) in [6.45, 7) is 6.08. The number of nitriles is 1. The van der Waals surface area contributed by atoms with Crippen molar-refractivity contribution >= 4 is 0 Å². The Bertz CT molecular complexity index is 479. The Morgan fingerprint density at radius 3 is 1.75 bits per heavy atom. The Morgan fingerprint density at radius 1 is 0.875 bits per heavy atom. The summed E-state index contributed by atoms with van der Waals surface area (Å²) in [4.78, 5) is 0. The molecule has 86 valence electrons. The molecule has 0 spiro atoms. The summed E-state index contributed by atoms with van der Waals surface area (Å²) in [6.07, 6.45) is -4.40. The third kappa shape index (κ3) is 1.78. The van der Waals surface area contributed by atoms with Crippen LogP contribution in [0, 0.1) is 39.0 Å². The standard InChI is InChI=1S/C12H12F3N/c1-6-7(2)10(5-16)9(4)11(8(6)3)12(13,14)15/h1-4H3. The average Bonchev–Trinajstić information content (AvgIpc) is 2.13. The lowest BCUT2D eigenvalue weighted by Crippen LogP contribution is -2.13. The third-order valence-corrected chi connectivity index (χ3v) is 3.02. The maximum absolute atomic E-state index is 12.8. The number of nitrogens with zero attached hydrogens (tertiary/aromatic N) is 1. The number of alkyl halides is 3. The van der Waals surface area contributed by atoms with Crippen LogP contribution in [0.15, 0.2) is 0 Å². The van der Waals surface area contributed by atoms with Gasteiger partial charge in [-0.25, -0.2) is 0 Å². The van der Waals surface area contributed by atoms with Crippen LogP contribution in [0.5, 0.6) is 0 Å². The number of rotatable bonds is 0. The smallest absolute Gasteiger partial charge is 0.192 e. The van der Waals surface area contributed by atoms with E-state index in [4.69, 9.17) is 5.26 Å². The van der Waals surface area contributed by atoms with Gasteiger partial charge in [0.15, 0.2) is 0 Å². The number of halogens is 3. The van der Waals surface area contributed by atoms with Crippen LogP contribution in [0.4, 0.5) is 13.2 Å². The van der Waals surface area contributed by atoms with Crippen LogP contribution in [0.2, 0.25) is 0 Å². The summed E-state index contributed by atoms with van der Waals surface area (Å²) in [7, 11) is 0. The van der Waals surface area contributed by atoms with Crippen molar-refractivity contribution in [3.05, 3.63) is 33.4 Å². The second-order valence-corrected chi connectivity index (χ2v) is 3.86. The van der Waals surface area contributed by atoms with E-state index in [2.05, 4.69) is 0 Å². The second-order valence-electron chi connectivity index (χ2n) is 3.86. The molecule has 1 aromatic carbocycles. The SMILES string of the molecule is Cc1c(C)c(C#N)c(C)c(C(F)(F)F)c1C. The number of hydrogen-bond acceptors (Lipinski definition) is 1. The van der Waals surface area contributed by atoms with E-state index in [1.165, 1.54) is 13.8 Å². The third-order valence-electron chi connectivity index (χ3n) is 3.02. The highest BCUT2D eigenvalue weighted by Crippen LogP contribution is 2.38. The zero-order valence-electron chi connectivity index (χ0n) is 9.58. The molecule has 0 bridgehead atoms. The van der Waals surface area contributed by atoms with Gasteiger partial charge in [0.25, 0.3) is 0 Å². The van der Waals surface area contributed by atoms with Gasteiger partial charge in [-0.1, -0.05) is 0 Å². The predicted molar refractivity (Wildman–Crippen MR) is 55.1 cm³/mol. The highest BCUT2D eigenvalue weighted by molar-refractivity contribution is 5.55. The van der Waals surface area contributed by atoms with Crippen molar-refractivity contribution in [3.8, 4) is 6.07 Å². The van der Waals surface area contributed by atoms with Gasteiger partial charge < -0.3 is 0 Å². The molecular weight excluding hydrogens is 215 g/mol. The molecule has 0 saturated heterocycles.